The normalized spacial score (nSPS) is 20.2. The molecular formula is C26H45NO6. The predicted octanol–water partition coefficient (Wildman–Crippen LogP) is 5.10. The van der Waals surface area contributed by atoms with Gasteiger partial charge in [0.15, 0.2) is 6.10 Å². The Morgan fingerprint density at radius 2 is 1.52 bits per heavy atom. The minimum absolute atomic E-state index is 0.118. The first-order valence-electron chi connectivity index (χ1n) is 13.0. The van der Waals surface area contributed by atoms with Gasteiger partial charge >= 0.3 is 11.9 Å². The molecule has 190 valence electrons. The van der Waals surface area contributed by atoms with Crippen LogP contribution in [0.1, 0.15) is 117 Å². The van der Waals surface area contributed by atoms with Crippen LogP contribution in [0.2, 0.25) is 0 Å². The van der Waals surface area contributed by atoms with Gasteiger partial charge < -0.3 is 19.9 Å². The summed E-state index contributed by atoms with van der Waals surface area (Å²) in [6.07, 6.45) is 19.1. The van der Waals surface area contributed by atoms with Crippen molar-refractivity contribution in [2.45, 2.75) is 128 Å². The minimum Gasteiger partial charge on any atom is -0.462 e. The number of amides is 1. The Hall–Kier alpha value is -1.89. The third kappa shape index (κ3) is 12.2. The van der Waals surface area contributed by atoms with Crippen LogP contribution in [0.25, 0.3) is 0 Å². The third-order valence-corrected chi connectivity index (χ3v) is 5.83. The van der Waals surface area contributed by atoms with Gasteiger partial charge in [0.05, 0.1) is 13.0 Å². The number of allylic oxidation sites excluding steroid dienone is 2. The molecule has 2 N–H and O–H groups in total. The second kappa shape index (κ2) is 17.6. The lowest BCUT2D eigenvalue weighted by atomic mass is 10.1. The monoisotopic (exact) mass is 467 g/mol. The van der Waals surface area contributed by atoms with Gasteiger partial charge in [-0.3, -0.25) is 9.59 Å². The quantitative estimate of drug-likeness (QED) is 0.156. The first-order valence-corrected chi connectivity index (χ1v) is 13.0. The highest BCUT2D eigenvalue weighted by molar-refractivity contribution is 5.92. The highest BCUT2D eigenvalue weighted by atomic mass is 16.6. The Morgan fingerprint density at radius 1 is 0.939 bits per heavy atom. The van der Waals surface area contributed by atoms with Crippen LogP contribution in [-0.2, 0) is 23.9 Å². The molecule has 7 nitrogen and oxygen atoms in total. The van der Waals surface area contributed by atoms with Gasteiger partial charge in [-0.15, -0.1) is 0 Å². The fraction of sp³-hybridized carbons (Fsp3) is 0.808. The molecule has 0 aromatic rings. The van der Waals surface area contributed by atoms with E-state index in [9.17, 15) is 19.5 Å². The number of nitrogens with one attached hydrogen (secondary N) is 1. The van der Waals surface area contributed by atoms with Crippen LogP contribution in [-0.4, -0.2) is 41.4 Å². The molecule has 1 rings (SSSR count). The van der Waals surface area contributed by atoms with E-state index in [1.165, 1.54) is 44.9 Å². The standard InChI is InChI=1S/C26H45NO6/c1-3-5-6-7-8-9-10-11-12-13-14-15-16-17-18-19-24(29)33-22-21-23(28)27-26(22,31)25(30)32-20-4-2/h11-12,22,31H,3-10,13-21H2,1-2H3,(H,27,28). The molecule has 2 unspecified atom stereocenters. The zero-order valence-corrected chi connectivity index (χ0v) is 20.7. The molecule has 7 heteroatoms. The fourth-order valence-corrected chi connectivity index (χ4v) is 3.83. The average molecular weight is 468 g/mol. The van der Waals surface area contributed by atoms with Crippen molar-refractivity contribution in [2.24, 2.45) is 0 Å². The van der Waals surface area contributed by atoms with Gasteiger partial charge in [0.2, 0.25) is 5.91 Å². The topological polar surface area (TPSA) is 102 Å². The first kappa shape index (κ1) is 29.1. The molecule has 0 bridgehead atoms. The summed E-state index contributed by atoms with van der Waals surface area (Å²) in [4.78, 5) is 35.9. The van der Waals surface area contributed by atoms with Crippen molar-refractivity contribution in [3.63, 3.8) is 0 Å². The number of esters is 2. The van der Waals surface area contributed by atoms with Crippen LogP contribution in [0.5, 0.6) is 0 Å². The predicted molar refractivity (Wildman–Crippen MR) is 128 cm³/mol. The van der Waals surface area contributed by atoms with E-state index in [0.29, 0.717) is 12.8 Å². The van der Waals surface area contributed by atoms with E-state index in [2.05, 4.69) is 24.4 Å². The van der Waals surface area contributed by atoms with Crippen molar-refractivity contribution in [3.05, 3.63) is 12.2 Å². The Labute approximate surface area is 199 Å². The molecule has 1 aliphatic rings. The van der Waals surface area contributed by atoms with E-state index in [0.717, 1.165) is 32.1 Å². The Balaban J connectivity index is 2.09. The summed E-state index contributed by atoms with van der Waals surface area (Å²) in [6, 6.07) is 0. The van der Waals surface area contributed by atoms with E-state index in [4.69, 9.17) is 9.47 Å². The van der Waals surface area contributed by atoms with Crippen LogP contribution >= 0.6 is 0 Å². The van der Waals surface area contributed by atoms with Crippen LogP contribution in [0, 0.1) is 0 Å². The molecule has 0 aromatic carbocycles. The number of hydrogen-bond donors (Lipinski definition) is 2. The summed E-state index contributed by atoms with van der Waals surface area (Å²) in [5, 5.41) is 12.7. The largest absolute Gasteiger partial charge is 0.462 e. The third-order valence-electron chi connectivity index (χ3n) is 5.83. The maximum Gasteiger partial charge on any atom is 0.363 e. The van der Waals surface area contributed by atoms with Crippen LogP contribution in [0.15, 0.2) is 12.2 Å². The summed E-state index contributed by atoms with van der Waals surface area (Å²) in [5.74, 6) is -2.06. The SMILES string of the molecule is CCCCCCCCC=CCCCCCCCC(=O)OC1CC(=O)NC1(O)C(=O)OCCC. The molecule has 1 aliphatic heterocycles. The van der Waals surface area contributed by atoms with Crippen molar-refractivity contribution >= 4 is 17.8 Å². The van der Waals surface area contributed by atoms with E-state index in [1.54, 1.807) is 0 Å². The second-order valence-corrected chi connectivity index (χ2v) is 8.97. The molecule has 1 amide bonds. The summed E-state index contributed by atoms with van der Waals surface area (Å²) < 4.78 is 10.2. The van der Waals surface area contributed by atoms with Crippen molar-refractivity contribution < 1.29 is 29.0 Å². The molecule has 1 fully saturated rings. The molecule has 1 heterocycles. The molecule has 33 heavy (non-hydrogen) atoms. The lowest BCUT2D eigenvalue weighted by Gasteiger charge is -2.26. The van der Waals surface area contributed by atoms with Crippen LogP contribution < -0.4 is 5.32 Å². The molecule has 0 spiro atoms. The Bertz CT molecular complexity index is 606. The lowest BCUT2D eigenvalue weighted by molar-refractivity contribution is -0.187. The van der Waals surface area contributed by atoms with Gasteiger partial charge in [-0.1, -0.05) is 77.4 Å². The van der Waals surface area contributed by atoms with Gasteiger partial charge in [-0.05, 0) is 38.5 Å². The second-order valence-electron chi connectivity index (χ2n) is 8.97. The van der Waals surface area contributed by atoms with Crippen LogP contribution in [0.4, 0.5) is 0 Å². The van der Waals surface area contributed by atoms with Crippen molar-refractivity contribution in [3.8, 4) is 0 Å². The van der Waals surface area contributed by atoms with Gasteiger partial charge in [0.25, 0.3) is 5.72 Å². The van der Waals surface area contributed by atoms with Crippen molar-refractivity contribution in [1.82, 2.24) is 5.32 Å². The zero-order valence-electron chi connectivity index (χ0n) is 20.7. The maximum absolute atomic E-state index is 12.1. The molecule has 2 atom stereocenters. The van der Waals surface area contributed by atoms with Gasteiger partial charge in [0.1, 0.15) is 0 Å². The smallest absolute Gasteiger partial charge is 0.363 e. The minimum atomic E-state index is -2.30. The molecule has 0 aliphatic carbocycles. The average Bonchev–Trinajstić information content (AvgIpc) is 3.08. The Kier molecular flexibility index (Phi) is 15.5. The van der Waals surface area contributed by atoms with E-state index < -0.39 is 29.7 Å². The molecule has 1 saturated heterocycles. The highest BCUT2D eigenvalue weighted by Gasteiger charge is 2.55. The number of rotatable bonds is 19. The highest BCUT2D eigenvalue weighted by Crippen LogP contribution is 2.24. The number of carbonyl (C=O) groups is 3. The fourth-order valence-electron chi connectivity index (χ4n) is 3.83. The van der Waals surface area contributed by atoms with E-state index >= 15 is 0 Å². The van der Waals surface area contributed by atoms with Gasteiger partial charge in [-0.25, -0.2) is 4.79 Å². The summed E-state index contributed by atoms with van der Waals surface area (Å²) in [7, 11) is 0. The number of aliphatic hydroxyl groups is 1. The van der Waals surface area contributed by atoms with Crippen molar-refractivity contribution in [1.29, 1.82) is 0 Å². The molecule has 0 saturated carbocycles. The molecular weight excluding hydrogens is 422 g/mol. The number of ether oxygens (including phenoxy) is 2. The number of hydrogen-bond acceptors (Lipinski definition) is 6. The summed E-state index contributed by atoms with van der Waals surface area (Å²) >= 11 is 0. The van der Waals surface area contributed by atoms with Crippen LogP contribution in [0.3, 0.4) is 0 Å². The lowest BCUT2D eigenvalue weighted by Crippen LogP contribution is -2.57. The Morgan fingerprint density at radius 3 is 2.12 bits per heavy atom. The van der Waals surface area contributed by atoms with Gasteiger partial charge in [0, 0.05) is 6.42 Å². The summed E-state index contributed by atoms with van der Waals surface area (Å²) in [5.41, 5.74) is -2.30. The first-order chi connectivity index (χ1) is 15.9. The molecule has 0 aromatic heterocycles. The maximum atomic E-state index is 12.1. The van der Waals surface area contributed by atoms with E-state index in [1.807, 2.05) is 6.92 Å². The summed E-state index contributed by atoms with van der Waals surface area (Å²) in [6.45, 7) is 4.18. The van der Waals surface area contributed by atoms with E-state index in [-0.39, 0.29) is 19.4 Å². The zero-order chi connectivity index (χ0) is 24.4. The number of carbonyl (C=O) groups excluding carboxylic acids is 3. The van der Waals surface area contributed by atoms with Gasteiger partial charge in [-0.2, -0.15) is 0 Å². The van der Waals surface area contributed by atoms with Crippen molar-refractivity contribution in [2.75, 3.05) is 6.61 Å². The molecule has 0 radical (unpaired) electrons. The number of unbranched alkanes of at least 4 members (excludes halogenated alkanes) is 11.